The highest BCUT2D eigenvalue weighted by molar-refractivity contribution is 7.92. The van der Waals surface area contributed by atoms with Crippen LogP contribution < -0.4 is 4.31 Å². The summed E-state index contributed by atoms with van der Waals surface area (Å²) in [5.74, 6) is 0.353. The summed E-state index contributed by atoms with van der Waals surface area (Å²) in [6, 6.07) is 6.26. The molecule has 1 aromatic heterocycles. The number of benzene rings is 1. The molecule has 114 valence electrons. The first kappa shape index (κ1) is 15.4. The quantitative estimate of drug-likeness (QED) is 0.916. The number of hydrogen-bond donors (Lipinski definition) is 1. The number of nitrogens with zero attached hydrogens (tertiary/aromatic N) is 2. The van der Waals surface area contributed by atoms with Crippen molar-refractivity contribution in [1.82, 2.24) is 5.16 Å². The van der Waals surface area contributed by atoms with E-state index in [-0.39, 0.29) is 18.0 Å². The van der Waals surface area contributed by atoms with Crippen LogP contribution in [0, 0.1) is 13.8 Å². The minimum Gasteiger partial charge on any atom is -0.508 e. The second kappa shape index (κ2) is 5.77. The van der Waals surface area contributed by atoms with Gasteiger partial charge in [0.2, 0.25) is 10.0 Å². The van der Waals surface area contributed by atoms with Gasteiger partial charge in [-0.05, 0) is 32.4 Å². The fraction of sp³-hybridized carbons (Fsp3) is 0.357. The van der Waals surface area contributed by atoms with Crippen LogP contribution in [0.15, 0.2) is 28.8 Å². The molecule has 0 spiro atoms. The Morgan fingerprint density at radius 3 is 2.57 bits per heavy atom. The van der Waals surface area contributed by atoms with E-state index in [1.54, 1.807) is 32.9 Å². The lowest BCUT2D eigenvalue weighted by Gasteiger charge is -2.24. The van der Waals surface area contributed by atoms with Crippen molar-refractivity contribution in [3.05, 3.63) is 41.3 Å². The Hall–Kier alpha value is -2.02. The number of aromatic hydroxyl groups is 1. The van der Waals surface area contributed by atoms with Crippen molar-refractivity contribution >= 4 is 15.7 Å². The molecule has 0 atom stereocenters. The number of rotatable bonds is 5. The molecule has 1 heterocycles. The largest absolute Gasteiger partial charge is 0.508 e. The van der Waals surface area contributed by atoms with Gasteiger partial charge < -0.3 is 9.63 Å². The number of hydrogen-bond acceptors (Lipinski definition) is 5. The molecule has 0 aliphatic rings. The standard InChI is InChI=1S/C14H18N2O4S/c1-4-16(14-8-13(17)6-5-10(14)2)21(18,19)9-12-7-11(3)20-15-12/h5-8,17H,4,9H2,1-3H3. The molecule has 21 heavy (non-hydrogen) atoms. The van der Waals surface area contributed by atoms with Crippen molar-refractivity contribution in [1.29, 1.82) is 0 Å². The molecule has 1 aromatic carbocycles. The predicted molar refractivity (Wildman–Crippen MR) is 79.7 cm³/mol. The Morgan fingerprint density at radius 2 is 2.00 bits per heavy atom. The van der Waals surface area contributed by atoms with Crippen LogP contribution in [-0.2, 0) is 15.8 Å². The zero-order valence-corrected chi connectivity index (χ0v) is 13.0. The third-order valence-electron chi connectivity index (χ3n) is 3.09. The van der Waals surface area contributed by atoms with Gasteiger partial charge in [-0.15, -0.1) is 0 Å². The number of aromatic nitrogens is 1. The maximum Gasteiger partial charge on any atom is 0.241 e. The van der Waals surface area contributed by atoms with Crippen molar-refractivity contribution < 1.29 is 18.0 Å². The summed E-state index contributed by atoms with van der Waals surface area (Å²) in [4.78, 5) is 0. The van der Waals surface area contributed by atoms with Crippen molar-refractivity contribution in [3.8, 4) is 5.75 Å². The molecule has 0 unspecified atom stereocenters. The average molecular weight is 310 g/mol. The lowest BCUT2D eigenvalue weighted by atomic mass is 10.2. The lowest BCUT2D eigenvalue weighted by molar-refractivity contribution is 0.392. The summed E-state index contributed by atoms with van der Waals surface area (Å²) in [5.41, 5.74) is 1.61. The molecule has 6 nitrogen and oxygen atoms in total. The van der Waals surface area contributed by atoms with Gasteiger partial charge >= 0.3 is 0 Å². The van der Waals surface area contributed by atoms with Crippen LogP contribution >= 0.6 is 0 Å². The number of phenols is 1. The van der Waals surface area contributed by atoms with Crippen LogP contribution in [0.25, 0.3) is 0 Å². The first-order valence-corrected chi connectivity index (χ1v) is 8.16. The molecule has 0 bridgehead atoms. The summed E-state index contributed by atoms with van der Waals surface area (Å²) >= 11 is 0. The number of phenolic OH excluding ortho intramolecular Hbond substituents is 1. The van der Waals surface area contributed by atoms with Crippen LogP contribution in [0.3, 0.4) is 0 Å². The number of anilines is 1. The highest BCUT2D eigenvalue weighted by atomic mass is 32.2. The minimum absolute atomic E-state index is 0.0292. The van der Waals surface area contributed by atoms with Crippen LogP contribution in [0.4, 0.5) is 5.69 Å². The maximum atomic E-state index is 12.6. The second-order valence-electron chi connectivity index (χ2n) is 4.82. The van der Waals surface area contributed by atoms with Gasteiger partial charge in [0, 0.05) is 18.7 Å². The monoisotopic (exact) mass is 310 g/mol. The van der Waals surface area contributed by atoms with E-state index < -0.39 is 10.0 Å². The maximum absolute atomic E-state index is 12.6. The molecule has 2 rings (SSSR count). The van der Waals surface area contributed by atoms with Gasteiger partial charge in [0.25, 0.3) is 0 Å². The SMILES string of the molecule is CCN(c1cc(O)ccc1C)S(=O)(=O)Cc1cc(C)on1. The fourth-order valence-corrected chi connectivity index (χ4v) is 3.69. The van der Waals surface area contributed by atoms with Crippen molar-refractivity contribution in [2.45, 2.75) is 26.5 Å². The number of aryl methyl sites for hydroxylation is 2. The lowest BCUT2D eigenvalue weighted by Crippen LogP contribution is -2.32. The van der Waals surface area contributed by atoms with Gasteiger partial charge in [0.05, 0.1) is 5.69 Å². The molecule has 0 saturated carbocycles. The summed E-state index contributed by atoms with van der Waals surface area (Å²) in [5, 5.41) is 13.3. The average Bonchev–Trinajstić information content (AvgIpc) is 2.78. The van der Waals surface area contributed by atoms with Crippen molar-refractivity contribution in [2.24, 2.45) is 0 Å². The molecule has 0 fully saturated rings. The first-order chi connectivity index (χ1) is 9.83. The van der Waals surface area contributed by atoms with E-state index >= 15 is 0 Å². The molecule has 0 aliphatic carbocycles. The van der Waals surface area contributed by atoms with E-state index in [1.807, 2.05) is 0 Å². The molecule has 0 radical (unpaired) electrons. The zero-order chi connectivity index (χ0) is 15.6. The molecular formula is C14H18N2O4S. The molecule has 7 heteroatoms. The Labute approximate surface area is 124 Å². The van der Waals surface area contributed by atoms with Crippen LogP contribution in [0.5, 0.6) is 5.75 Å². The zero-order valence-electron chi connectivity index (χ0n) is 12.2. The fourth-order valence-electron chi connectivity index (χ4n) is 2.13. The van der Waals surface area contributed by atoms with E-state index in [2.05, 4.69) is 5.16 Å². The van der Waals surface area contributed by atoms with Crippen molar-refractivity contribution in [3.63, 3.8) is 0 Å². The Balaban J connectivity index is 2.37. The molecule has 1 N–H and O–H groups in total. The molecular weight excluding hydrogens is 292 g/mol. The summed E-state index contributed by atoms with van der Waals surface area (Å²) in [7, 11) is -3.60. The third-order valence-corrected chi connectivity index (χ3v) is 4.88. The summed E-state index contributed by atoms with van der Waals surface area (Å²) < 4.78 is 31.3. The molecule has 0 aliphatic heterocycles. The highest BCUT2D eigenvalue weighted by Gasteiger charge is 2.24. The minimum atomic E-state index is -3.60. The highest BCUT2D eigenvalue weighted by Crippen LogP contribution is 2.28. The Bertz CT molecular complexity index is 737. The Kier molecular flexibility index (Phi) is 4.22. The van der Waals surface area contributed by atoms with E-state index in [1.165, 1.54) is 16.4 Å². The van der Waals surface area contributed by atoms with Crippen LogP contribution in [-0.4, -0.2) is 25.2 Å². The molecule has 2 aromatic rings. The summed E-state index contributed by atoms with van der Waals surface area (Å²) in [6.07, 6.45) is 0. The van der Waals surface area contributed by atoms with Gasteiger partial charge in [-0.2, -0.15) is 0 Å². The van der Waals surface area contributed by atoms with E-state index in [0.29, 0.717) is 17.1 Å². The van der Waals surface area contributed by atoms with Crippen molar-refractivity contribution in [2.75, 3.05) is 10.8 Å². The normalized spacial score (nSPS) is 11.6. The molecule has 0 amide bonds. The van der Waals surface area contributed by atoms with Gasteiger partial charge in [-0.25, -0.2) is 8.42 Å². The van der Waals surface area contributed by atoms with E-state index in [9.17, 15) is 13.5 Å². The Morgan fingerprint density at radius 1 is 1.29 bits per heavy atom. The first-order valence-electron chi connectivity index (χ1n) is 6.55. The number of sulfonamides is 1. The van der Waals surface area contributed by atoms with Gasteiger partial charge in [-0.1, -0.05) is 11.2 Å². The third kappa shape index (κ3) is 3.36. The van der Waals surface area contributed by atoms with E-state index in [0.717, 1.165) is 5.56 Å². The van der Waals surface area contributed by atoms with Crippen LogP contribution in [0.1, 0.15) is 23.9 Å². The topological polar surface area (TPSA) is 83.6 Å². The van der Waals surface area contributed by atoms with Crippen LogP contribution in [0.2, 0.25) is 0 Å². The van der Waals surface area contributed by atoms with Gasteiger partial charge in [0.15, 0.2) is 0 Å². The smallest absolute Gasteiger partial charge is 0.241 e. The van der Waals surface area contributed by atoms with E-state index in [4.69, 9.17) is 4.52 Å². The molecule has 0 saturated heterocycles. The van der Waals surface area contributed by atoms with Gasteiger partial charge in [0.1, 0.15) is 23.0 Å². The predicted octanol–water partition coefficient (Wildman–Crippen LogP) is 2.35. The van der Waals surface area contributed by atoms with Gasteiger partial charge in [-0.3, -0.25) is 4.31 Å². The second-order valence-corrected chi connectivity index (χ2v) is 6.71. The summed E-state index contributed by atoms with van der Waals surface area (Å²) in [6.45, 7) is 5.52.